The minimum atomic E-state index is -0.239. The fourth-order valence-corrected chi connectivity index (χ4v) is 4.53. The number of carbonyl (C=O) groups is 1. The Labute approximate surface area is 173 Å². The molecule has 6 heteroatoms. The van der Waals surface area contributed by atoms with E-state index in [2.05, 4.69) is 16.6 Å². The minimum Gasteiger partial charge on any atom is -0.348 e. The second-order valence-corrected chi connectivity index (χ2v) is 8.14. The molecule has 4 rings (SSSR count). The lowest BCUT2D eigenvalue weighted by Gasteiger charge is -2.10. The van der Waals surface area contributed by atoms with Crippen molar-refractivity contribution >= 4 is 27.9 Å². The van der Waals surface area contributed by atoms with Crippen LogP contribution in [0, 0.1) is 13.8 Å². The van der Waals surface area contributed by atoms with Crippen molar-refractivity contribution in [3.63, 3.8) is 0 Å². The van der Waals surface area contributed by atoms with Gasteiger partial charge in [-0.3, -0.25) is 9.59 Å². The molecule has 0 amide bonds. The number of rotatable bonds is 6. The van der Waals surface area contributed by atoms with E-state index in [-0.39, 0.29) is 17.9 Å². The molecule has 0 aliphatic heterocycles. The molecule has 0 fully saturated rings. The highest BCUT2D eigenvalue weighted by Crippen LogP contribution is 2.28. The van der Waals surface area contributed by atoms with Gasteiger partial charge >= 0.3 is 0 Å². The van der Waals surface area contributed by atoms with Crippen LogP contribution in [0.15, 0.2) is 52.6 Å². The Kier molecular flexibility index (Phi) is 5.20. The molecule has 0 aliphatic carbocycles. The Balaban J connectivity index is 1.79. The summed E-state index contributed by atoms with van der Waals surface area (Å²) in [5.74, 6) is -0.0949. The van der Waals surface area contributed by atoms with Crippen LogP contribution >= 0.6 is 11.3 Å². The van der Waals surface area contributed by atoms with E-state index in [0.717, 1.165) is 40.3 Å². The molecular formula is C23H23N3O2S. The average Bonchev–Trinajstić information content (AvgIpc) is 3.34. The molecule has 0 aliphatic rings. The Morgan fingerprint density at radius 1 is 1.10 bits per heavy atom. The molecule has 0 N–H and O–H groups in total. The molecule has 0 bridgehead atoms. The molecule has 4 aromatic rings. The summed E-state index contributed by atoms with van der Waals surface area (Å²) in [6.07, 6.45) is 1.000. The smallest absolute Gasteiger partial charge is 0.275 e. The summed E-state index contributed by atoms with van der Waals surface area (Å²) in [6, 6.07) is 13.3. The van der Waals surface area contributed by atoms with Crippen molar-refractivity contribution in [1.29, 1.82) is 0 Å². The molecule has 0 spiro atoms. The van der Waals surface area contributed by atoms with E-state index < -0.39 is 0 Å². The summed E-state index contributed by atoms with van der Waals surface area (Å²) in [7, 11) is 0. The average molecular weight is 406 g/mol. The van der Waals surface area contributed by atoms with Gasteiger partial charge < -0.3 is 4.57 Å². The summed E-state index contributed by atoms with van der Waals surface area (Å²) in [6.45, 7) is 6.89. The second-order valence-electron chi connectivity index (χ2n) is 7.19. The third kappa shape index (κ3) is 3.44. The van der Waals surface area contributed by atoms with Crippen LogP contribution in [-0.4, -0.2) is 20.1 Å². The first-order chi connectivity index (χ1) is 14.0. The van der Waals surface area contributed by atoms with Gasteiger partial charge in [0.25, 0.3) is 5.56 Å². The van der Waals surface area contributed by atoms with Crippen LogP contribution in [0.4, 0.5) is 0 Å². The number of fused-ring (bicyclic) bond motifs is 1. The summed E-state index contributed by atoms with van der Waals surface area (Å²) in [5, 5.41) is 7.96. The summed E-state index contributed by atoms with van der Waals surface area (Å²) in [5.41, 5.74) is 3.17. The molecule has 0 saturated heterocycles. The van der Waals surface area contributed by atoms with E-state index in [1.165, 1.54) is 4.68 Å². The zero-order chi connectivity index (χ0) is 20.5. The zero-order valence-electron chi connectivity index (χ0n) is 16.8. The predicted octanol–water partition coefficient (Wildman–Crippen LogP) is 4.84. The van der Waals surface area contributed by atoms with E-state index in [4.69, 9.17) is 0 Å². The van der Waals surface area contributed by atoms with Crippen molar-refractivity contribution < 1.29 is 4.79 Å². The SMILES string of the molecule is CCCn1c(C)cc(C(=O)Cn2nc(-c3cccs3)c3ccccc3c2=O)c1C. The summed E-state index contributed by atoms with van der Waals surface area (Å²) in [4.78, 5) is 27.1. The fourth-order valence-electron chi connectivity index (χ4n) is 3.81. The van der Waals surface area contributed by atoms with Gasteiger partial charge in [-0.05, 0) is 43.8 Å². The van der Waals surface area contributed by atoms with Gasteiger partial charge in [-0.2, -0.15) is 5.10 Å². The molecule has 148 valence electrons. The van der Waals surface area contributed by atoms with Crippen molar-refractivity contribution in [2.45, 2.75) is 40.3 Å². The maximum absolute atomic E-state index is 13.1. The van der Waals surface area contributed by atoms with Crippen LogP contribution in [0.3, 0.4) is 0 Å². The van der Waals surface area contributed by atoms with Gasteiger partial charge in [0.1, 0.15) is 12.2 Å². The van der Waals surface area contributed by atoms with E-state index in [9.17, 15) is 9.59 Å². The van der Waals surface area contributed by atoms with Gasteiger partial charge in [0.2, 0.25) is 0 Å². The third-order valence-corrected chi connectivity index (χ3v) is 6.11. The van der Waals surface area contributed by atoms with Crippen molar-refractivity contribution in [1.82, 2.24) is 14.3 Å². The van der Waals surface area contributed by atoms with Gasteiger partial charge in [-0.1, -0.05) is 31.2 Å². The van der Waals surface area contributed by atoms with Crippen molar-refractivity contribution in [3.8, 4) is 10.6 Å². The van der Waals surface area contributed by atoms with E-state index in [1.807, 2.05) is 55.6 Å². The van der Waals surface area contributed by atoms with Gasteiger partial charge in [-0.25, -0.2) is 4.68 Å². The van der Waals surface area contributed by atoms with Crippen LogP contribution in [0.1, 0.15) is 35.1 Å². The molecule has 0 atom stereocenters. The number of hydrogen-bond donors (Lipinski definition) is 0. The van der Waals surface area contributed by atoms with Gasteiger partial charge in [0.05, 0.1) is 10.3 Å². The first kappa shape index (κ1) is 19.3. The first-order valence-electron chi connectivity index (χ1n) is 9.75. The number of carbonyl (C=O) groups excluding carboxylic acids is 1. The lowest BCUT2D eigenvalue weighted by atomic mass is 10.1. The maximum Gasteiger partial charge on any atom is 0.275 e. The Morgan fingerprint density at radius 2 is 1.86 bits per heavy atom. The highest BCUT2D eigenvalue weighted by atomic mass is 32.1. The lowest BCUT2D eigenvalue weighted by Crippen LogP contribution is -2.27. The van der Waals surface area contributed by atoms with Gasteiger partial charge in [0, 0.05) is 28.9 Å². The van der Waals surface area contributed by atoms with E-state index in [1.54, 1.807) is 17.4 Å². The number of aromatic nitrogens is 3. The molecule has 3 aromatic heterocycles. The number of aryl methyl sites for hydroxylation is 1. The minimum absolute atomic E-state index is 0.0710. The number of Topliss-reactive ketones (excluding diaryl/α,β-unsaturated/α-hetero) is 1. The number of benzene rings is 1. The monoisotopic (exact) mass is 405 g/mol. The Morgan fingerprint density at radius 3 is 2.55 bits per heavy atom. The van der Waals surface area contributed by atoms with Gasteiger partial charge in [-0.15, -0.1) is 11.3 Å². The molecule has 3 heterocycles. The number of thiophene rings is 1. The maximum atomic E-state index is 13.1. The number of hydrogen-bond acceptors (Lipinski definition) is 4. The molecule has 1 aromatic carbocycles. The summed E-state index contributed by atoms with van der Waals surface area (Å²) >= 11 is 1.57. The first-order valence-corrected chi connectivity index (χ1v) is 10.6. The lowest BCUT2D eigenvalue weighted by molar-refractivity contribution is 0.0965. The topological polar surface area (TPSA) is 56.9 Å². The van der Waals surface area contributed by atoms with Crippen LogP contribution < -0.4 is 5.56 Å². The third-order valence-electron chi connectivity index (χ3n) is 5.24. The van der Waals surface area contributed by atoms with Crippen LogP contribution in [-0.2, 0) is 13.1 Å². The second kappa shape index (κ2) is 7.79. The van der Waals surface area contributed by atoms with E-state index in [0.29, 0.717) is 10.9 Å². The van der Waals surface area contributed by atoms with Crippen LogP contribution in [0.25, 0.3) is 21.3 Å². The quantitative estimate of drug-likeness (QED) is 0.432. The zero-order valence-corrected chi connectivity index (χ0v) is 17.6. The highest BCUT2D eigenvalue weighted by molar-refractivity contribution is 7.13. The predicted molar refractivity (Wildman–Crippen MR) is 118 cm³/mol. The van der Waals surface area contributed by atoms with Crippen LogP contribution in [0.2, 0.25) is 0 Å². The molecule has 0 saturated carbocycles. The standard InChI is InChI=1S/C23H23N3O2S/c1-4-11-25-15(2)13-19(16(25)3)20(27)14-26-23(28)18-9-6-5-8-17(18)22(24-26)21-10-7-12-29-21/h5-10,12-13H,4,11,14H2,1-3H3. The molecule has 29 heavy (non-hydrogen) atoms. The summed E-state index contributed by atoms with van der Waals surface area (Å²) < 4.78 is 3.46. The number of ketones is 1. The molecule has 0 unspecified atom stereocenters. The largest absolute Gasteiger partial charge is 0.348 e. The normalized spacial score (nSPS) is 11.3. The van der Waals surface area contributed by atoms with Crippen molar-refractivity contribution in [2.24, 2.45) is 0 Å². The van der Waals surface area contributed by atoms with Gasteiger partial charge in [0.15, 0.2) is 5.78 Å². The van der Waals surface area contributed by atoms with Crippen LogP contribution in [0.5, 0.6) is 0 Å². The molecule has 5 nitrogen and oxygen atoms in total. The van der Waals surface area contributed by atoms with Crippen molar-refractivity contribution in [3.05, 3.63) is 75.1 Å². The Hall–Kier alpha value is -2.99. The molecule has 0 radical (unpaired) electrons. The van der Waals surface area contributed by atoms with Crippen molar-refractivity contribution in [2.75, 3.05) is 0 Å². The van der Waals surface area contributed by atoms with E-state index >= 15 is 0 Å². The highest BCUT2D eigenvalue weighted by Gasteiger charge is 2.19. The molecular weight excluding hydrogens is 382 g/mol. The fraction of sp³-hybridized carbons (Fsp3) is 0.261. The Bertz CT molecular complexity index is 1250. The number of nitrogens with zero attached hydrogens (tertiary/aromatic N) is 3.